The molecule has 0 amide bonds. The predicted octanol–water partition coefficient (Wildman–Crippen LogP) is 2.23. The van der Waals surface area contributed by atoms with E-state index >= 15 is 0 Å². The first-order valence-electron chi connectivity index (χ1n) is 3.31. The van der Waals surface area contributed by atoms with Crippen LogP contribution in [0.3, 0.4) is 0 Å². The van der Waals surface area contributed by atoms with Gasteiger partial charge in [0.25, 0.3) is 0 Å². The van der Waals surface area contributed by atoms with Crippen LogP contribution < -0.4 is 0 Å². The second-order valence-corrected chi connectivity index (χ2v) is 2.19. The number of oxime groups is 1. The minimum absolute atomic E-state index is 1.04. The third-order valence-electron chi connectivity index (χ3n) is 1.20. The molecule has 0 saturated heterocycles. The summed E-state index contributed by atoms with van der Waals surface area (Å²) in [5.41, 5.74) is 0. The maximum atomic E-state index is 8.08. The van der Waals surface area contributed by atoms with E-state index in [1.165, 1.54) is 19.1 Å². The Balaban J connectivity index is 3.15. The molecule has 0 heterocycles. The van der Waals surface area contributed by atoms with Crippen LogP contribution in [0.25, 0.3) is 0 Å². The molecular weight excluding hydrogens is 114 g/mol. The fourth-order valence-electron chi connectivity index (χ4n) is 0.619. The van der Waals surface area contributed by atoms with Gasteiger partial charge in [-0.1, -0.05) is 26.7 Å². The monoisotopic (exact) mass is 128 g/mol. The van der Waals surface area contributed by atoms with Gasteiger partial charge in [0.1, 0.15) is 0 Å². The molecule has 0 aromatic heterocycles. The number of unbranched alkanes of at least 4 members (excludes halogenated alkanes) is 1. The van der Waals surface area contributed by atoms with Gasteiger partial charge >= 0.3 is 0 Å². The maximum Gasteiger partial charge on any atom is 0.0504 e. The second-order valence-electron chi connectivity index (χ2n) is 2.19. The van der Waals surface area contributed by atoms with Crippen LogP contribution in [0.2, 0.25) is 0 Å². The maximum absolute atomic E-state index is 8.08. The molecule has 53 valence electrons. The third-order valence-corrected chi connectivity index (χ3v) is 1.20. The Bertz CT molecular complexity index is 81.0. The fourth-order valence-corrected chi connectivity index (χ4v) is 0.619. The zero-order valence-corrected chi connectivity index (χ0v) is 6.09. The van der Waals surface area contributed by atoms with Crippen LogP contribution in [0, 0.1) is 5.92 Å². The summed E-state index contributed by atoms with van der Waals surface area (Å²) in [5, 5.41) is 11.0. The van der Waals surface area contributed by atoms with Gasteiger partial charge in [-0.15, -0.1) is 5.16 Å². The first-order chi connectivity index (χ1) is 4.31. The van der Waals surface area contributed by atoms with Gasteiger partial charge in [0.05, 0.1) is 6.21 Å². The molecule has 0 aromatic carbocycles. The van der Waals surface area contributed by atoms with Crippen molar-refractivity contribution < 1.29 is 5.21 Å². The van der Waals surface area contributed by atoms with Crippen molar-refractivity contribution in [3.63, 3.8) is 0 Å². The van der Waals surface area contributed by atoms with E-state index in [4.69, 9.17) is 5.21 Å². The van der Waals surface area contributed by atoms with E-state index in [9.17, 15) is 0 Å². The van der Waals surface area contributed by atoms with Gasteiger partial charge in [0, 0.05) is 5.92 Å². The van der Waals surface area contributed by atoms with Crippen molar-refractivity contribution in [2.24, 2.45) is 5.16 Å². The lowest BCUT2D eigenvalue weighted by molar-refractivity contribution is 0.321. The molecule has 0 aromatic rings. The highest BCUT2D eigenvalue weighted by Crippen LogP contribution is 2.06. The van der Waals surface area contributed by atoms with Crippen molar-refractivity contribution in [1.82, 2.24) is 0 Å². The van der Waals surface area contributed by atoms with Crippen molar-refractivity contribution in [2.75, 3.05) is 0 Å². The van der Waals surface area contributed by atoms with Crippen molar-refractivity contribution in [2.45, 2.75) is 33.1 Å². The highest BCUT2D eigenvalue weighted by molar-refractivity contribution is 5.72. The Hall–Kier alpha value is -0.530. The fraction of sp³-hybridized carbons (Fsp3) is 0.714. The highest BCUT2D eigenvalue weighted by atomic mass is 16.4. The summed E-state index contributed by atoms with van der Waals surface area (Å²) in [5.74, 6) is 1.14. The molecule has 2 heteroatoms. The van der Waals surface area contributed by atoms with Gasteiger partial charge in [-0.25, -0.2) is 0 Å². The van der Waals surface area contributed by atoms with Gasteiger partial charge in [-0.05, 0) is 6.42 Å². The molecule has 0 rings (SSSR count). The molecular formula is C7H14NO. The van der Waals surface area contributed by atoms with E-state index in [0.717, 1.165) is 12.3 Å². The summed E-state index contributed by atoms with van der Waals surface area (Å²) in [6.45, 7) is 4.11. The van der Waals surface area contributed by atoms with Crippen molar-refractivity contribution in [3.05, 3.63) is 5.92 Å². The van der Waals surface area contributed by atoms with E-state index in [2.05, 4.69) is 12.1 Å². The standard InChI is InChI=1S/C7H14NO/c1-3-4-5-7(2)6-8-9/h6,9H,3-5H2,1-2H3/b8-6-. The molecule has 0 fully saturated rings. The Labute approximate surface area is 56.6 Å². The lowest BCUT2D eigenvalue weighted by Gasteiger charge is -1.99. The Morgan fingerprint density at radius 3 is 2.78 bits per heavy atom. The molecule has 0 aliphatic heterocycles. The van der Waals surface area contributed by atoms with E-state index in [1.807, 2.05) is 6.92 Å². The first-order valence-corrected chi connectivity index (χ1v) is 3.31. The SMILES string of the molecule is CCCC[C](C)/C=N\O. The molecule has 0 bridgehead atoms. The highest BCUT2D eigenvalue weighted by Gasteiger charge is 1.95. The van der Waals surface area contributed by atoms with Gasteiger partial charge in [0.15, 0.2) is 0 Å². The summed E-state index contributed by atoms with van der Waals surface area (Å²) < 4.78 is 0. The van der Waals surface area contributed by atoms with Crippen LogP contribution in [0.4, 0.5) is 0 Å². The molecule has 0 aliphatic rings. The molecule has 0 unspecified atom stereocenters. The first kappa shape index (κ1) is 8.47. The third kappa shape index (κ3) is 5.34. The van der Waals surface area contributed by atoms with Crippen LogP contribution in [0.15, 0.2) is 5.16 Å². The average Bonchev–Trinajstić information content (AvgIpc) is 1.85. The van der Waals surface area contributed by atoms with E-state index in [0.29, 0.717) is 0 Å². The number of hydrogen-bond donors (Lipinski definition) is 1. The lowest BCUT2D eigenvalue weighted by Crippen LogP contribution is -1.91. The Kier molecular flexibility index (Phi) is 5.27. The second kappa shape index (κ2) is 5.60. The van der Waals surface area contributed by atoms with Crippen LogP contribution in [-0.4, -0.2) is 11.4 Å². The van der Waals surface area contributed by atoms with Crippen molar-refractivity contribution >= 4 is 6.21 Å². The van der Waals surface area contributed by atoms with Crippen LogP contribution in [0.1, 0.15) is 33.1 Å². The van der Waals surface area contributed by atoms with Gasteiger partial charge in [-0.2, -0.15) is 0 Å². The number of nitrogens with zero attached hydrogens (tertiary/aromatic N) is 1. The molecule has 1 radical (unpaired) electrons. The summed E-state index contributed by atoms with van der Waals surface area (Å²) >= 11 is 0. The van der Waals surface area contributed by atoms with Crippen molar-refractivity contribution in [3.8, 4) is 0 Å². The molecule has 9 heavy (non-hydrogen) atoms. The van der Waals surface area contributed by atoms with Crippen LogP contribution in [-0.2, 0) is 0 Å². The van der Waals surface area contributed by atoms with E-state index in [1.54, 1.807) is 0 Å². The minimum Gasteiger partial charge on any atom is -0.411 e. The van der Waals surface area contributed by atoms with Crippen LogP contribution in [0.5, 0.6) is 0 Å². The summed E-state index contributed by atoms with van der Waals surface area (Å²) in [7, 11) is 0. The zero-order valence-electron chi connectivity index (χ0n) is 6.09. The molecule has 0 spiro atoms. The largest absolute Gasteiger partial charge is 0.411 e. The van der Waals surface area contributed by atoms with Gasteiger partial charge in [-0.3, -0.25) is 0 Å². The van der Waals surface area contributed by atoms with E-state index < -0.39 is 0 Å². The average molecular weight is 128 g/mol. The quantitative estimate of drug-likeness (QED) is 0.351. The minimum atomic E-state index is 1.04. The number of rotatable bonds is 4. The van der Waals surface area contributed by atoms with Gasteiger partial charge < -0.3 is 5.21 Å². The molecule has 0 saturated carbocycles. The lowest BCUT2D eigenvalue weighted by atomic mass is 10.1. The van der Waals surface area contributed by atoms with Crippen LogP contribution >= 0.6 is 0 Å². The molecule has 0 aliphatic carbocycles. The number of hydrogen-bond acceptors (Lipinski definition) is 2. The Morgan fingerprint density at radius 2 is 2.33 bits per heavy atom. The molecule has 1 N–H and O–H groups in total. The topological polar surface area (TPSA) is 32.6 Å². The summed E-state index contributed by atoms with van der Waals surface area (Å²) in [4.78, 5) is 0. The Morgan fingerprint density at radius 1 is 1.67 bits per heavy atom. The predicted molar refractivity (Wildman–Crippen MR) is 38.7 cm³/mol. The molecule has 0 atom stereocenters. The zero-order chi connectivity index (χ0) is 7.11. The summed E-state index contributed by atoms with van der Waals surface area (Å²) in [6.07, 6.45) is 4.91. The van der Waals surface area contributed by atoms with Gasteiger partial charge in [0.2, 0.25) is 0 Å². The molecule has 2 nitrogen and oxygen atoms in total. The van der Waals surface area contributed by atoms with E-state index in [-0.39, 0.29) is 0 Å². The normalized spacial score (nSPS) is 11.4. The smallest absolute Gasteiger partial charge is 0.0504 e. The summed E-state index contributed by atoms with van der Waals surface area (Å²) in [6, 6.07) is 0. The van der Waals surface area contributed by atoms with Crippen molar-refractivity contribution in [1.29, 1.82) is 0 Å².